The molecule has 1 aromatic carbocycles. The van der Waals surface area contributed by atoms with Crippen LogP contribution in [0, 0.1) is 5.92 Å². The second-order valence-corrected chi connectivity index (χ2v) is 8.80. The molecule has 3 aliphatic rings. The number of anilines is 1. The van der Waals surface area contributed by atoms with Crippen LogP contribution < -0.4 is 4.90 Å². The summed E-state index contributed by atoms with van der Waals surface area (Å²) in [5.74, 6) is 1.98. The topological polar surface area (TPSA) is 49.3 Å². The summed E-state index contributed by atoms with van der Waals surface area (Å²) >= 11 is 0. The summed E-state index contributed by atoms with van der Waals surface area (Å²) in [5.41, 5.74) is 3.46. The third kappa shape index (κ3) is 3.80. The van der Waals surface area contributed by atoms with Crippen LogP contribution >= 0.6 is 0 Å². The average molecular weight is 409 g/mol. The van der Waals surface area contributed by atoms with E-state index in [0.29, 0.717) is 32.5 Å². The summed E-state index contributed by atoms with van der Waals surface area (Å²) in [6.07, 6.45) is 5.21. The minimum Gasteiger partial charge on any atom is -0.355 e. The van der Waals surface area contributed by atoms with Gasteiger partial charge in [-0.2, -0.15) is 0 Å². The van der Waals surface area contributed by atoms with E-state index in [9.17, 15) is 9.18 Å². The quantitative estimate of drug-likeness (QED) is 0.775. The van der Waals surface area contributed by atoms with Gasteiger partial charge in [0.25, 0.3) is 0 Å². The number of halogens is 1. The Labute approximate surface area is 177 Å². The standard InChI is InChI=1S/C24H29FN4O/c25-19-11-14-28(15-12-19)24(30)18-8-5-13-29(16-18)23-20-9-4-10-21(20)26-22(27-23)17-6-2-1-3-7-17/h1-3,6-7,18-19H,4-5,8-16H2/t18-/m1/s1. The highest BCUT2D eigenvalue weighted by Crippen LogP contribution is 2.34. The zero-order valence-corrected chi connectivity index (χ0v) is 17.4. The van der Waals surface area contributed by atoms with Gasteiger partial charge in [-0.15, -0.1) is 0 Å². The molecule has 30 heavy (non-hydrogen) atoms. The predicted octanol–water partition coefficient (Wildman–Crippen LogP) is 3.81. The van der Waals surface area contributed by atoms with Crippen molar-refractivity contribution in [2.75, 3.05) is 31.1 Å². The number of carbonyl (C=O) groups is 1. The Morgan fingerprint density at radius 1 is 0.967 bits per heavy atom. The molecule has 3 heterocycles. The van der Waals surface area contributed by atoms with Gasteiger partial charge < -0.3 is 9.80 Å². The van der Waals surface area contributed by atoms with Crippen LogP contribution in [0.15, 0.2) is 30.3 Å². The highest BCUT2D eigenvalue weighted by atomic mass is 19.1. The summed E-state index contributed by atoms with van der Waals surface area (Å²) < 4.78 is 13.5. The SMILES string of the molecule is O=C([C@@H]1CCCN(c2nc(-c3ccccc3)nc3c2CCC3)C1)N1CCC(F)CC1. The molecule has 0 spiro atoms. The van der Waals surface area contributed by atoms with E-state index >= 15 is 0 Å². The Morgan fingerprint density at radius 3 is 2.57 bits per heavy atom. The average Bonchev–Trinajstić information content (AvgIpc) is 3.28. The second kappa shape index (κ2) is 8.32. The number of fused-ring (bicyclic) bond motifs is 1. The van der Waals surface area contributed by atoms with Gasteiger partial charge in [-0.1, -0.05) is 30.3 Å². The van der Waals surface area contributed by atoms with Crippen molar-refractivity contribution < 1.29 is 9.18 Å². The van der Waals surface area contributed by atoms with E-state index in [1.54, 1.807) is 0 Å². The van der Waals surface area contributed by atoms with Crippen LogP contribution in [0.25, 0.3) is 11.4 Å². The third-order valence-corrected chi connectivity index (χ3v) is 6.75. The molecule has 1 atom stereocenters. The first-order chi connectivity index (χ1) is 14.7. The van der Waals surface area contributed by atoms with Gasteiger partial charge in [0, 0.05) is 43.0 Å². The van der Waals surface area contributed by atoms with Crippen LogP contribution in [-0.4, -0.2) is 53.1 Å². The molecule has 0 bridgehead atoms. The highest BCUT2D eigenvalue weighted by Gasteiger charge is 2.33. The molecular weight excluding hydrogens is 379 g/mol. The van der Waals surface area contributed by atoms with E-state index in [2.05, 4.69) is 17.0 Å². The number of aromatic nitrogens is 2. The van der Waals surface area contributed by atoms with Crippen molar-refractivity contribution in [3.05, 3.63) is 41.6 Å². The number of benzene rings is 1. The molecule has 158 valence electrons. The lowest BCUT2D eigenvalue weighted by Crippen LogP contribution is -2.48. The molecule has 2 saturated heterocycles. The third-order valence-electron chi connectivity index (χ3n) is 6.75. The number of hydrogen-bond acceptors (Lipinski definition) is 4. The van der Waals surface area contributed by atoms with Gasteiger partial charge in [0.1, 0.15) is 12.0 Å². The number of likely N-dealkylation sites (tertiary alicyclic amines) is 1. The Morgan fingerprint density at radius 2 is 1.77 bits per heavy atom. The van der Waals surface area contributed by atoms with Gasteiger partial charge >= 0.3 is 0 Å². The first kappa shape index (κ1) is 19.5. The summed E-state index contributed by atoms with van der Waals surface area (Å²) in [5, 5.41) is 0. The molecule has 5 nitrogen and oxygen atoms in total. The van der Waals surface area contributed by atoms with Gasteiger partial charge in [-0.3, -0.25) is 4.79 Å². The molecule has 5 rings (SSSR count). The fraction of sp³-hybridized carbons (Fsp3) is 0.542. The van der Waals surface area contributed by atoms with Crippen molar-refractivity contribution in [2.45, 2.75) is 51.1 Å². The monoisotopic (exact) mass is 408 g/mol. The van der Waals surface area contributed by atoms with Crippen molar-refractivity contribution in [3.63, 3.8) is 0 Å². The summed E-state index contributed by atoms with van der Waals surface area (Å²) in [4.78, 5) is 27.2. The summed E-state index contributed by atoms with van der Waals surface area (Å²) in [7, 11) is 0. The van der Waals surface area contributed by atoms with E-state index in [-0.39, 0.29) is 11.8 Å². The number of amides is 1. The normalized spacial score (nSPS) is 22.2. The molecule has 6 heteroatoms. The zero-order chi connectivity index (χ0) is 20.5. The Bertz CT molecular complexity index is 911. The Hall–Kier alpha value is -2.50. The lowest BCUT2D eigenvalue weighted by molar-refractivity contribution is -0.137. The van der Waals surface area contributed by atoms with E-state index in [4.69, 9.17) is 9.97 Å². The largest absolute Gasteiger partial charge is 0.355 e. The molecule has 0 unspecified atom stereocenters. The number of alkyl halides is 1. The van der Waals surface area contributed by atoms with Crippen molar-refractivity contribution >= 4 is 11.7 Å². The number of nitrogens with zero attached hydrogens (tertiary/aromatic N) is 4. The number of carbonyl (C=O) groups excluding carboxylic acids is 1. The number of rotatable bonds is 3. The van der Waals surface area contributed by atoms with Crippen LogP contribution in [0.2, 0.25) is 0 Å². The Kier molecular flexibility index (Phi) is 5.40. The molecule has 1 aromatic heterocycles. The fourth-order valence-electron chi connectivity index (χ4n) is 5.09. The van der Waals surface area contributed by atoms with Crippen LogP contribution in [-0.2, 0) is 17.6 Å². The van der Waals surface area contributed by atoms with Gasteiger partial charge in [-0.25, -0.2) is 14.4 Å². The van der Waals surface area contributed by atoms with Gasteiger partial charge in [0.05, 0.1) is 5.92 Å². The minimum atomic E-state index is -0.753. The molecular formula is C24H29FN4O. The van der Waals surface area contributed by atoms with E-state index in [0.717, 1.165) is 61.5 Å². The van der Waals surface area contributed by atoms with E-state index in [1.807, 2.05) is 23.1 Å². The minimum absolute atomic E-state index is 0.0258. The maximum Gasteiger partial charge on any atom is 0.227 e. The molecule has 0 radical (unpaired) electrons. The first-order valence-electron chi connectivity index (χ1n) is 11.3. The molecule has 2 fully saturated rings. The number of piperidine rings is 2. The lowest BCUT2D eigenvalue weighted by Gasteiger charge is -2.37. The van der Waals surface area contributed by atoms with E-state index < -0.39 is 6.17 Å². The smallest absolute Gasteiger partial charge is 0.227 e. The van der Waals surface area contributed by atoms with Crippen molar-refractivity contribution in [3.8, 4) is 11.4 Å². The van der Waals surface area contributed by atoms with Crippen LogP contribution in [0.5, 0.6) is 0 Å². The first-order valence-corrected chi connectivity index (χ1v) is 11.3. The fourth-order valence-corrected chi connectivity index (χ4v) is 5.09. The molecule has 0 N–H and O–H groups in total. The molecule has 2 aliphatic heterocycles. The summed E-state index contributed by atoms with van der Waals surface area (Å²) in [6.45, 7) is 2.73. The predicted molar refractivity (Wildman–Crippen MR) is 115 cm³/mol. The molecule has 1 aliphatic carbocycles. The van der Waals surface area contributed by atoms with Crippen LogP contribution in [0.4, 0.5) is 10.2 Å². The zero-order valence-electron chi connectivity index (χ0n) is 17.4. The van der Waals surface area contributed by atoms with Gasteiger partial charge in [-0.05, 0) is 44.9 Å². The molecule has 2 aromatic rings. The number of aryl methyl sites for hydroxylation is 1. The maximum absolute atomic E-state index is 13.5. The van der Waals surface area contributed by atoms with Crippen LogP contribution in [0.3, 0.4) is 0 Å². The lowest BCUT2D eigenvalue weighted by atomic mass is 9.95. The molecule has 0 saturated carbocycles. The second-order valence-electron chi connectivity index (χ2n) is 8.80. The summed E-state index contributed by atoms with van der Waals surface area (Å²) in [6, 6.07) is 10.1. The number of hydrogen-bond donors (Lipinski definition) is 0. The maximum atomic E-state index is 13.5. The van der Waals surface area contributed by atoms with Crippen molar-refractivity contribution in [2.24, 2.45) is 5.92 Å². The molecule has 1 amide bonds. The van der Waals surface area contributed by atoms with Crippen molar-refractivity contribution in [1.29, 1.82) is 0 Å². The highest BCUT2D eigenvalue weighted by molar-refractivity contribution is 5.80. The van der Waals surface area contributed by atoms with Crippen molar-refractivity contribution in [1.82, 2.24) is 14.9 Å². The van der Waals surface area contributed by atoms with E-state index in [1.165, 1.54) is 5.56 Å². The Balaban J connectivity index is 1.40. The van der Waals surface area contributed by atoms with Crippen LogP contribution in [0.1, 0.15) is 43.4 Å². The van der Waals surface area contributed by atoms with Gasteiger partial charge in [0.2, 0.25) is 5.91 Å². The van der Waals surface area contributed by atoms with Gasteiger partial charge in [0.15, 0.2) is 5.82 Å².